The Kier molecular flexibility index (Phi) is 5.21. The van der Waals surface area contributed by atoms with Crippen LogP contribution in [0.1, 0.15) is 16.7 Å². The molecule has 0 fully saturated rings. The summed E-state index contributed by atoms with van der Waals surface area (Å²) in [5.41, 5.74) is 3.05. The Morgan fingerprint density at radius 1 is 0.958 bits per heavy atom. The third-order valence-electron chi connectivity index (χ3n) is 3.59. The molecule has 24 heavy (non-hydrogen) atoms. The van der Waals surface area contributed by atoms with E-state index < -0.39 is 10.1 Å². The van der Waals surface area contributed by atoms with Crippen molar-refractivity contribution in [1.82, 2.24) is 0 Å². The molecule has 0 saturated heterocycles. The number of nitrogens with two attached hydrogens (primary N) is 1. The number of aryl methyl sites for hydroxylation is 3. The highest BCUT2D eigenvalue weighted by molar-refractivity contribution is 7.85. The normalized spacial score (nSPS) is 11.0. The summed E-state index contributed by atoms with van der Waals surface area (Å²) >= 11 is 0. The number of rotatable bonds is 1. The molecule has 0 saturated carbocycles. The van der Waals surface area contributed by atoms with E-state index >= 15 is 0 Å². The van der Waals surface area contributed by atoms with Gasteiger partial charge in [-0.1, -0.05) is 34.5 Å². The molecule has 6 heteroatoms. The van der Waals surface area contributed by atoms with Gasteiger partial charge < -0.3 is 4.55 Å². The number of fused-ring (bicyclic) bond motifs is 1. The van der Waals surface area contributed by atoms with Gasteiger partial charge in [0.1, 0.15) is 10.1 Å². The lowest BCUT2D eigenvalue weighted by Crippen LogP contribution is -2.44. The minimum atomic E-state index is -4.33. The van der Waals surface area contributed by atoms with E-state index in [2.05, 4.69) is 0 Å². The topological polar surface area (TPSA) is 87.1 Å². The second-order valence-corrected chi connectivity index (χ2v) is 6.97. The smallest absolute Gasteiger partial charge is 0.242 e. The van der Waals surface area contributed by atoms with E-state index in [4.69, 9.17) is 5.84 Å². The third-order valence-corrected chi connectivity index (χ3v) is 4.74. The summed E-state index contributed by atoms with van der Waals surface area (Å²) in [6.07, 6.45) is 1.84. The second-order valence-electron chi connectivity index (χ2n) is 5.66. The van der Waals surface area contributed by atoms with Crippen LogP contribution in [0.25, 0.3) is 10.9 Å². The van der Waals surface area contributed by atoms with Gasteiger partial charge in [0, 0.05) is 17.5 Å². The average Bonchev–Trinajstić information content (AvgIpc) is 2.46. The predicted octanol–water partition coefficient (Wildman–Crippen LogP) is 2.36. The molecule has 0 atom stereocenters. The number of pyridine rings is 1. The number of hydrogen-bond donors (Lipinski definition) is 1. The molecule has 2 N–H and O–H groups in total. The molecule has 0 aliphatic rings. The molecule has 0 unspecified atom stereocenters. The highest BCUT2D eigenvalue weighted by atomic mass is 32.2. The maximum atomic E-state index is 10.8. The second kappa shape index (κ2) is 6.98. The summed E-state index contributed by atoms with van der Waals surface area (Å²) in [5.74, 6) is 5.67. The molecule has 3 aromatic rings. The van der Waals surface area contributed by atoms with E-state index in [-0.39, 0.29) is 4.90 Å². The Labute approximate surface area is 142 Å². The molecule has 5 nitrogen and oxygen atoms in total. The van der Waals surface area contributed by atoms with E-state index in [1.165, 1.54) is 0 Å². The molecule has 0 aliphatic heterocycles. The zero-order valence-corrected chi connectivity index (χ0v) is 14.7. The fraction of sp³-hybridized carbons (Fsp3) is 0.167. The quantitative estimate of drug-likeness (QED) is 0.417. The number of aromatic nitrogens is 1. The lowest BCUT2D eigenvalue weighted by Gasteiger charge is -2.14. The van der Waals surface area contributed by atoms with Gasteiger partial charge in [0.15, 0.2) is 6.20 Å². The van der Waals surface area contributed by atoms with Gasteiger partial charge in [0.05, 0.1) is 4.90 Å². The van der Waals surface area contributed by atoms with Crippen molar-refractivity contribution in [3.05, 3.63) is 71.4 Å². The molecule has 0 aliphatic carbocycles. The van der Waals surface area contributed by atoms with Crippen LogP contribution in [0.3, 0.4) is 0 Å². The van der Waals surface area contributed by atoms with Crippen LogP contribution in [0.4, 0.5) is 0 Å². The highest BCUT2D eigenvalue weighted by Crippen LogP contribution is 2.20. The van der Waals surface area contributed by atoms with Crippen molar-refractivity contribution in [1.29, 1.82) is 0 Å². The fourth-order valence-corrected chi connectivity index (χ4v) is 3.65. The van der Waals surface area contributed by atoms with E-state index in [0.29, 0.717) is 11.1 Å². The molecule has 2 aromatic carbocycles. The average molecular weight is 344 g/mol. The van der Waals surface area contributed by atoms with Crippen molar-refractivity contribution in [2.45, 2.75) is 25.7 Å². The predicted molar refractivity (Wildman–Crippen MR) is 92.9 cm³/mol. The number of nitrogen functional groups attached to an aromatic ring is 1. The number of benzene rings is 2. The zero-order chi connectivity index (χ0) is 17.9. The molecule has 0 radical (unpaired) electrons. The van der Waals surface area contributed by atoms with Crippen LogP contribution in [0.2, 0.25) is 0 Å². The van der Waals surface area contributed by atoms with E-state index in [9.17, 15) is 13.0 Å². The summed E-state index contributed by atoms with van der Waals surface area (Å²) in [7, 11) is -4.33. The molecule has 1 aromatic heterocycles. The van der Waals surface area contributed by atoms with Crippen LogP contribution in [0, 0.1) is 20.8 Å². The van der Waals surface area contributed by atoms with Gasteiger partial charge in [0.25, 0.3) is 0 Å². The molecule has 1 heterocycles. The molecule has 0 spiro atoms. The van der Waals surface area contributed by atoms with Gasteiger partial charge in [-0.3, -0.25) is 0 Å². The third kappa shape index (κ3) is 4.10. The van der Waals surface area contributed by atoms with Crippen LogP contribution in [-0.4, -0.2) is 13.0 Å². The number of hydrogen-bond acceptors (Lipinski definition) is 4. The summed E-state index contributed by atoms with van der Waals surface area (Å²) in [4.78, 5) is -0.0851. The minimum Gasteiger partial charge on any atom is -0.744 e. The van der Waals surface area contributed by atoms with Crippen molar-refractivity contribution in [3.63, 3.8) is 0 Å². The van der Waals surface area contributed by atoms with E-state index in [1.54, 1.807) is 30.7 Å². The first-order valence-electron chi connectivity index (χ1n) is 7.38. The first-order valence-corrected chi connectivity index (χ1v) is 8.79. The first-order chi connectivity index (χ1) is 11.2. The minimum absolute atomic E-state index is 0.0851. The van der Waals surface area contributed by atoms with Gasteiger partial charge in [-0.15, -0.1) is 0 Å². The van der Waals surface area contributed by atoms with Crippen LogP contribution in [0.15, 0.2) is 59.6 Å². The molecule has 126 valence electrons. The fourth-order valence-electron chi connectivity index (χ4n) is 2.74. The lowest BCUT2D eigenvalue weighted by atomic mass is 10.1. The monoisotopic (exact) mass is 344 g/mol. The first kappa shape index (κ1) is 17.9. The Morgan fingerprint density at radius 2 is 1.50 bits per heavy atom. The maximum absolute atomic E-state index is 10.8. The number of nitrogens with zero attached hydrogens (tertiary/aromatic N) is 1. The van der Waals surface area contributed by atoms with Gasteiger partial charge in [-0.2, -0.15) is 0 Å². The zero-order valence-electron chi connectivity index (χ0n) is 13.9. The van der Waals surface area contributed by atoms with Crippen molar-refractivity contribution < 1.29 is 17.6 Å². The Balaban J connectivity index is 0.000000175. The Bertz CT molecular complexity index is 954. The summed E-state index contributed by atoms with van der Waals surface area (Å²) < 4.78 is 34.1. The molecule has 0 bridgehead atoms. The summed E-state index contributed by atoms with van der Waals surface area (Å²) in [6.45, 7) is 5.12. The molecule has 0 amide bonds. The van der Waals surface area contributed by atoms with E-state index in [0.717, 1.165) is 16.5 Å². The van der Waals surface area contributed by atoms with Crippen LogP contribution < -0.4 is 10.5 Å². The standard InChI is InChI=1S/C9H9N2.C9H12O3S/c10-11-7-3-5-8-4-1-2-6-9(8)11;1-6-4-7(2)9(8(3)5-6)13(10,11)12/h1-7H,10H2;4-5H,1-3H3,(H,10,11,12)/q+1;/p-1. The number of para-hydroxylation sites is 1. The Morgan fingerprint density at radius 3 is 2.04 bits per heavy atom. The van der Waals surface area contributed by atoms with Gasteiger partial charge in [-0.25, -0.2) is 14.3 Å². The largest absolute Gasteiger partial charge is 0.744 e. The van der Waals surface area contributed by atoms with Gasteiger partial charge in [-0.05, 0) is 44.0 Å². The maximum Gasteiger partial charge on any atom is 0.242 e. The van der Waals surface area contributed by atoms with Crippen molar-refractivity contribution in [2.75, 3.05) is 5.84 Å². The molecular weight excluding hydrogens is 324 g/mol. The van der Waals surface area contributed by atoms with Crippen molar-refractivity contribution in [2.24, 2.45) is 0 Å². The SMILES string of the molecule is Cc1cc(C)c(S(=O)(=O)[O-])c(C)c1.N[n+]1cccc2ccccc21. The van der Waals surface area contributed by atoms with Crippen LogP contribution in [-0.2, 0) is 10.1 Å². The van der Waals surface area contributed by atoms with Gasteiger partial charge >= 0.3 is 0 Å². The lowest BCUT2D eigenvalue weighted by molar-refractivity contribution is -0.611. The Hall–Kier alpha value is -2.44. The highest BCUT2D eigenvalue weighted by Gasteiger charge is 2.09. The molecule has 3 rings (SSSR count). The van der Waals surface area contributed by atoms with Crippen LogP contribution in [0.5, 0.6) is 0 Å². The summed E-state index contributed by atoms with van der Waals surface area (Å²) in [6, 6.07) is 15.4. The van der Waals surface area contributed by atoms with Crippen molar-refractivity contribution in [3.8, 4) is 0 Å². The van der Waals surface area contributed by atoms with E-state index in [1.807, 2.05) is 49.5 Å². The molecular formula is C18H20N2O3S. The van der Waals surface area contributed by atoms with Gasteiger partial charge in [0.2, 0.25) is 5.52 Å². The summed E-state index contributed by atoms with van der Waals surface area (Å²) in [5, 5.41) is 1.16. The van der Waals surface area contributed by atoms with Crippen LogP contribution >= 0.6 is 0 Å². The van der Waals surface area contributed by atoms with Crippen molar-refractivity contribution >= 4 is 21.0 Å².